The Bertz CT molecular complexity index is 1170. The number of benzene rings is 3. The van der Waals surface area contributed by atoms with E-state index in [-0.39, 0.29) is 30.9 Å². The summed E-state index contributed by atoms with van der Waals surface area (Å²) in [6.45, 7) is 10.1. The molecule has 6 heteroatoms. The molecule has 5 nitrogen and oxygen atoms in total. The maximum atomic E-state index is 13.8. The van der Waals surface area contributed by atoms with Gasteiger partial charge in [0, 0.05) is 23.0 Å². The van der Waals surface area contributed by atoms with Gasteiger partial charge in [0.1, 0.15) is 11.8 Å². The second-order valence-corrected chi connectivity index (χ2v) is 11.5. The van der Waals surface area contributed by atoms with Crippen LogP contribution in [0.2, 0.25) is 0 Å². The van der Waals surface area contributed by atoms with Crippen molar-refractivity contribution >= 4 is 27.7 Å². The molecule has 0 saturated heterocycles. The summed E-state index contributed by atoms with van der Waals surface area (Å²) in [4.78, 5) is 29.0. The molecule has 196 valence electrons. The molecule has 3 rings (SSSR count). The van der Waals surface area contributed by atoms with Crippen molar-refractivity contribution < 1.29 is 14.3 Å². The van der Waals surface area contributed by atoms with Crippen molar-refractivity contribution in [2.45, 2.75) is 65.1 Å². The van der Waals surface area contributed by atoms with Crippen LogP contribution in [0, 0.1) is 0 Å². The predicted molar refractivity (Wildman–Crippen MR) is 153 cm³/mol. The van der Waals surface area contributed by atoms with Crippen LogP contribution >= 0.6 is 15.9 Å². The molecule has 0 saturated carbocycles. The molecule has 2 amide bonds. The van der Waals surface area contributed by atoms with Gasteiger partial charge in [-0.25, -0.2) is 0 Å². The van der Waals surface area contributed by atoms with Gasteiger partial charge in [0.05, 0.1) is 0 Å². The standard InChI is InChI=1S/C31H37BrN2O3/c1-22(2)26-13-9-10-14-28(26)37-21-29(35)34(20-24-15-17-25(32)18-16-24)27(30(36)33-31(3,4)5)19-23-11-7-6-8-12-23/h6-18,22,27H,19-21H2,1-5H3,(H,33,36)/t27-/m1/s1. The van der Waals surface area contributed by atoms with Crippen LogP contribution in [0.4, 0.5) is 0 Å². The highest BCUT2D eigenvalue weighted by atomic mass is 79.9. The summed E-state index contributed by atoms with van der Waals surface area (Å²) in [5.41, 5.74) is 2.52. The largest absolute Gasteiger partial charge is 0.483 e. The molecule has 0 bridgehead atoms. The fourth-order valence-electron chi connectivity index (χ4n) is 4.10. The smallest absolute Gasteiger partial charge is 0.261 e. The van der Waals surface area contributed by atoms with E-state index in [1.54, 1.807) is 4.90 Å². The minimum atomic E-state index is -0.707. The van der Waals surface area contributed by atoms with Crippen molar-refractivity contribution in [2.24, 2.45) is 0 Å². The molecule has 0 spiro atoms. The van der Waals surface area contributed by atoms with Gasteiger partial charge in [-0.15, -0.1) is 0 Å². The van der Waals surface area contributed by atoms with E-state index < -0.39 is 11.6 Å². The fraction of sp³-hybridized carbons (Fsp3) is 0.355. The average Bonchev–Trinajstić information content (AvgIpc) is 2.85. The number of nitrogens with zero attached hydrogens (tertiary/aromatic N) is 1. The summed E-state index contributed by atoms with van der Waals surface area (Å²) in [6, 6.07) is 24.7. The van der Waals surface area contributed by atoms with Crippen molar-refractivity contribution in [3.05, 3.63) is 100 Å². The highest BCUT2D eigenvalue weighted by molar-refractivity contribution is 9.10. The molecule has 1 N–H and O–H groups in total. The normalized spacial score (nSPS) is 12.2. The molecular weight excluding hydrogens is 528 g/mol. The fourth-order valence-corrected chi connectivity index (χ4v) is 4.37. The van der Waals surface area contributed by atoms with E-state index in [0.29, 0.717) is 12.2 Å². The topological polar surface area (TPSA) is 58.6 Å². The number of ether oxygens (including phenoxy) is 1. The lowest BCUT2D eigenvalue weighted by atomic mass is 10.0. The van der Waals surface area contributed by atoms with Crippen LogP contribution in [0.15, 0.2) is 83.3 Å². The zero-order valence-electron chi connectivity index (χ0n) is 22.3. The molecule has 0 heterocycles. The van der Waals surface area contributed by atoms with E-state index in [1.807, 2.05) is 99.6 Å². The van der Waals surface area contributed by atoms with Crippen LogP contribution in [-0.2, 0) is 22.6 Å². The van der Waals surface area contributed by atoms with Crippen molar-refractivity contribution in [3.8, 4) is 5.75 Å². The minimum Gasteiger partial charge on any atom is -0.483 e. The number of rotatable bonds is 10. The summed E-state index contributed by atoms with van der Waals surface area (Å²) in [6.07, 6.45) is 0.396. The van der Waals surface area contributed by atoms with Crippen molar-refractivity contribution in [1.82, 2.24) is 10.2 Å². The molecule has 3 aromatic rings. The molecular formula is C31H37BrN2O3. The molecule has 37 heavy (non-hydrogen) atoms. The van der Waals surface area contributed by atoms with E-state index in [1.165, 1.54) is 0 Å². The number of halogens is 1. The first-order valence-electron chi connectivity index (χ1n) is 12.6. The number of hydrogen-bond donors (Lipinski definition) is 1. The molecule has 3 aromatic carbocycles. The Labute approximate surface area is 229 Å². The minimum absolute atomic E-state index is 0.158. The molecule has 0 unspecified atom stereocenters. The first kappa shape index (κ1) is 28.5. The van der Waals surface area contributed by atoms with Gasteiger partial charge in [0.2, 0.25) is 5.91 Å². The Morgan fingerprint density at radius 1 is 0.892 bits per heavy atom. The van der Waals surface area contributed by atoms with Gasteiger partial charge < -0.3 is 15.0 Å². The van der Waals surface area contributed by atoms with Gasteiger partial charge in [0.15, 0.2) is 6.61 Å². The molecule has 0 aliphatic rings. The van der Waals surface area contributed by atoms with Crippen LogP contribution in [0.5, 0.6) is 5.75 Å². The van der Waals surface area contributed by atoms with Gasteiger partial charge in [-0.3, -0.25) is 9.59 Å². The Morgan fingerprint density at radius 2 is 1.51 bits per heavy atom. The number of para-hydroxylation sites is 1. The molecule has 0 aliphatic carbocycles. The van der Waals surface area contributed by atoms with Gasteiger partial charge in [-0.05, 0) is 61.6 Å². The SMILES string of the molecule is CC(C)c1ccccc1OCC(=O)N(Cc1ccc(Br)cc1)[C@H](Cc1ccccc1)C(=O)NC(C)(C)C. The van der Waals surface area contributed by atoms with Gasteiger partial charge >= 0.3 is 0 Å². The van der Waals surface area contributed by atoms with Crippen LogP contribution in [-0.4, -0.2) is 34.9 Å². The van der Waals surface area contributed by atoms with Crippen LogP contribution < -0.4 is 10.1 Å². The zero-order valence-corrected chi connectivity index (χ0v) is 23.9. The molecule has 0 radical (unpaired) electrons. The van der Waals surface area contributed by atoms with Gasteiger partial charge in [0.25, 0.3) is 5.91 Å². The number of carbonyl (C=O) groups excluding carboxylic acids is 2. The monoisotopic (exact) mass is 564 g/mol. The summed E-state index contributed by atoms with van der Waals surface area (Å²) >= 11 is 3.47. The zero-order chi connectivity index (χ0) is 27.0. The summed E-state index contributed by atoms with van der Waals surface area (Å²) < 4.78 is 7.00. The lowest BCUT2D eigenvalue weighted by Gasteiger charge is -2.34. The summed E-state index contributed by atoms with van der Waals surface area (Å²) in [5.74, 6) is 0.512. The van der Waals surface area contributed by atoms with E-state index in [4.69, 9.17) is 4.74 Å². The second-order valence-electron chi connectivity index (χ2n) is 10.6. The second kappa shape index (κ2) is 12.9. The number of hydrogen-bond acceptors (Lipinski definition) is 3. The summed E-state index contributed by atoms with van der Waals surface area (Å²) in [5, 5.41) is 3.09. The summed E-state index contributed by atoms with van der Waals surface area (Å²) in [7, 11) is 0. The maximum Gasteiger partial charge on any atom is 0.261 e. The predicted octanol–water partition coefficient (Wildman–Crippen LogP) is 6.51. The van der Waals surface area contributed by atoms with Gasteiger partial charge in [-0.1, -0.05) is 90.4 Å². The molecule has 0 fully saturated rings. The first-order chi connectivity index (χ1) is 17.5. The third-order valence-electron chi connectivity index (χ3n) is 5.93. The lowest BCUT2D eigenvalue weighted by Crippen LogP contribution is -2.55. The molecule has 0 aromatic heterocycles. The first-order valence-corrected chi connectivity index (χ1v) is 13.4. The molecule has 0 aliphatic heterocycles. The number of amides is 2. The highest BCUT2D eigenvalue weighted by Crippen LogP contribution is 2.26. The number of nitrogens with one attached hydrogen (secondary N) is 1. The van der Waals surface area contributed by atoms with Crippen LogP contribution in [0.3, 0.4) is 0 Å². The quantitative estimate of drug-likeness (QED) is 0.305. The number of carbonyl (C=O) groups is 2. The maximum absolute atomic E-state index is 13.8. The lowest BCUT2D eigenvalue weighted by molar-refractivity contribution is -0.143. The van der Waals surface area contributed by atoms with Crippen LogP contribution in [0.25, 0.3) is 0 Å². The van der Waals surface area contributed by atoms with Crippen molar-refractivity contribution in [1.29, 1.82) is 0 Å². The van der Waals surface area contributed by atoms with E-state index in [9.17, 15) is 9.59 Å². The van der Waals surface area contributed by atoms with E-state index >= 15 is 0 Å². The van der Waals surface area contributed by atoms with Gasteiger partial charge in [-0.2, -0.15) is 0 Å². The Balaban J connectivity index is 1.94. The Morgan fingerprint density at radius 3 is 2.14 bits per heavy atom. The Hall–Kier alpha value is -3.12. The van der Waals surface area contributed by atoms with E-state index in [0.717, 1.165) is 21.2 Å². The van der Waals surface area contributed by atoms with Crippen molar-refractivity contribution in [3.63, 3.8) is 0 Å². The third kappa shape index (κ3) is 8.74. The third-order valence-corrected chi connectivity index (χ3v) is 6.46. The van der Waals surface area contributed by atoms with Crippen molar-refractivity contribution in [2.75, 3.05) is 6.61 Å². The Kier molecular flexibility index (Phi) is 9.93. The highest BCUT2D eigenvalue weighted by Gasteiger charge is 2.32. The van der Waals surface area contributed by atoms with Crippen LogP contribution in [0.1, 0.15) is 57.2 Å². The average molecular weight is 566 g/mol. The van der Waals surface area contributed by atoms with E-state index in [2.05, 4.69) is 35.1 Å². The molecule has 1 atom stereocenters.